The van der Waals surface area contributed by atoms with Gasteiger partial charge < -0.3 is 10.2 Å². The van der Waals surface area contributed by atoms with E-state index >= 15 is 0 Å². The molecule has 6 heteroatoms. The number of carbonyl (C=O) groups is 3. The smallest absolute Gasteiger partial charge is 0.256 e. The Labute approximate surface area is 176 Å². The number of carbonyl (C=O) groups excluding carboxylic acids is 3. The summed E-state index contributed by atoms with van der Waals surface area (Å²) in [5, 5.41) is 3.19. The maximum absolute atomic E-state index is 12.9. The average molecular weight is 405 g/mol. The lowest BCUT2D eigenvalue weighted by molar-refractivity contribution is -0.121. The molecule has 6 nitrogen and oxygen atoms in total. The summed E-state index contributed by atoms with van der Waals surface area (Å²) >= 11 is 0. The van der Waals surface area contributed by atoms with Gasteiger partial charge in [0.25, 0.3) is 5.91 Å². The summed E-state index contributed by atoms with van der Waals surface area (Å²) in [5.74, 6) is -0.332. The van der Waals surface area contributed by atoms with Crippen molar-refractivity contribution in [1.82, 2.24) is 0 Å². The number of aryl methyl sites for hydroxylation is 1. The Morgan fingerprint density at radius 1 is 1.00 bits per heavy atom. The lowest BCUT2D eigenvalue weighted by Crippen LogP contribution is -2.34. The minimum absolute atomic E-state index is 0.114. The number of nitrogens with zero attached hydrogens (tertiary/aromatic N) is 2. The number of nitrogens with one attached hydrogen (secondary N) is 1. The average Bonchev–Trinajstić information content (AvgIpc) is 3.30. The molecule has 1 N–H and O–H groups in total. The van der Waals surface area contributed by atoms with Gasteiger partial charge in [0, 0.05) is 24.3 Å². The molecule has 2 heterocycles. The van der Waals surface area contributed by atoms with Crippen molar-refractivity contribution in [3.63, 3.8) is 0 Å². The van der Waals surface area contributed by atoms with Crippen LogP contribution in [0.1, 0.15) is 44.6 Å². The fourth-order valence-corrected chi connectivity index (χ4v) is 4.09. The molecule has 0 saturated carbocycles. The molecule has 2 aliphatic rings. The highest BCUT2D eigenvalue weighted by molar-refractivity contribution is 6.23. The van der Waals surface area contributed by atoms with E-state index in [2.05, 4.69) is 12.2 Å². The first-order chi connectivity index (χ1) is 14.6. The fourth-order valence-electron chi connectivity index (χ4n) is 4.09. The molecule has 2 fully saturated rings. The van der Waals surface area contributed by atoms with Gasteiger partial charge in [-0.3, -0.25) is 14.4 Å². The van der Waals surface area contributed by atoms with Crippen molar-refractivity contribution in [1.29, 1.82) is 0 Å². The first-order valence-corrected chi connectivity index (χ1v) is 10.7. The van der Waals surface area contributed by atoms with Crippen LogP contribution >= 0.6 is 0 Å². The van der Waals surface area contributed by atoms with Gasteiger partial charge in [-0.2, -0.15) is 0 Å². The summed E-state index contributed by atoms with van der Waals surface area (Å²) in [4.78, 5) is 40.6. The van der Waals surface area contributed by atoms with Crippen molar-refractivity contribution >= 4 is 34.8 Å². The highest BCUT2D eigenvalue weighted by Crippen LogP contribution is 2.28. The summed E-state index contributed by atoms with van der Waals surface area (Å²) in [5.41, 5.74) is 3.38. The van der Waals surface area contributed by atoms with Gasteiger partial charge in [-0.25, -0.2) is 4.90 Å². The quantitative estimate of drug-likeness (QED) is 0.710. The van der Waals surface area contributed by atoms with Crippen molar-refractivity contribution in [2.45, 2.75) is 51.5 Å². The second kappa shape index (κ2) is 8.69. The lowest BCUT2D eigenvalue weighted by atomic mass is 10.1. The number of hydrogen-bond donors (Lipinski definition) is 1. The normalized spacial score (nSPS) is 19.1. The van der Waals surface area contributed by atoms with E-state index in [0.717, 1.165) is 37.1 Å². The Kier molecular flexibility index (Phi) is 5.84. The summed E-state index contributed by atoms with van der Waals surface area (Å²) < 4.78 is 0. The minimum Gasteiger partial charge on any atom is -0.373 e. The van der Waals surface area contributed by atoms with E-state index in [4.69, 9.17) is 0 Å². The monoisotopic (exact) mass is 405 g/mol. The van der Waals surface area contributed by atoms with Crippen molar-refractivity contribution < 1.29 is 14.4 Å². The van der Waals surface area contributed by atoms with Crippen LogP contribution in [0.2, 0.25) is 0 Å². The summed E-state index contributed by atoms with van der Waals surface area (Å²) in [6.07, 6.45) is 4.79. The first kappa shape index (κ1) is 20.1. The lowest BCUT2D eigenvalue weighted by Gasteiger charge is -2.19. The van der Waals surface area contributed by atoms with Crippen molar-refractivity contribution in [3.8, 4) is 0 Å². The van der Waals surface area contributed by atoms with Crippen molar-refractivity contribution in [2.24, 2.45) is 0 Å². The van der Waals surface area contributed by atoms with Crippen LogP contribution in [-0.4, -0.2) is 30.3 Å². The summed E-state index contributed by atoms with van der Waals surface area (Å²) in [7, 11) is 0. The second-order valence-electron chi connectivity index (χ2n) is 7.94. The molecular formula is C24H27N3O3. The van der Waals surface area contributed by atoms with Gasteiger partial charge >= 0.3 is 0 Å². The number of benzene rings is 2. The molecule has 0 aromatic heterocycles. The van der Waals surface area contributed by atoms with Gasteiger partial charge in [-0.15, -0.1) is 0 Å². The van der Waals surface area contributed by atoms with Crippen LogP contribution in [0.15, 0.2) is 48.5 Å². The highest BCUT2D eigenvalue weighted by Gasteiger charge is 2.39. The number of hydrogen-bond acceptors (Lipinski definition) is 4. The molecule has 1 unspecified atom stereocenters. The van der Waals surface area contributed by atoms with Gasteiger partial charge in [0.15, 0.2) is 0 Å². The van der Waals surface area contributed by atoms with Gasteiger partial charge in [0.2, 0.25) is 11.8 Å². The zero-order valence-electron chi connectivity index (χ0n) is 17.3. The molecule has 4 rings (SSSR count). The number of anilines is 3. The topological polar surface area (TPSA) is 69.7 Å². The Balaban J connectivity index is 1.46. The molecule has 2 aliphatic heterocycles. The summed E-state index contributed by atoms with van der Waals surface area (Å²) in [6, 6.07) is 14.5. The van der Waals surface area contributed by atoms with E-state index in [9.17, 15) is 14.4 Å². The van der Waals surface area contributed by atoms with Gasteiger partial charge in [0.1, 0.15) is 6.04 Å². The van der Waals surface area contributed by atoms with Gasteiger partial charge in [-0.05, 0) is 55.2 Å². The Bertz CT molecular complexity index is 954. The molecule has 2 saturated heterocycles. The van der Waals surface area contributed by atoms with Crippen LogP contribution < -0.4 is 15.1 Å². The number of amides is 3. The van der Waals surface area contributed by atoms with E-state index in [1.54, 1.807) is 4.90 Å². The van der Waals surface area contributed by atoms with Crippen LogP contribution in [-0.2, 0) is 20.8 Å². The molecule has 156 valence electrons. The molecule has 0 spiro atoms. The molecular weight excluding hydrogens is 378 g/mol. The predicted octanol–water partition coefficient (Wildman–Crippen LogP) is 3.90. The van der Waals surface area contributed by atoms with Crippen LogP contribution in [0.5, 0.6) is 0 Å². The van der Waals surface area contributed by atoms with Gasteiger partial charge in [-0.1, -0.05) is 31.5 Å². The molecule has 3 amide bonds. The molecule has 2 aromatic rings. The third kappa shape index (κ3) is 4.08. The van der Waals surface area contributed by atoms with E-state index in [0.29, 0.717) is 18.7 Å². The maximum Gasteiger partial charge on any atom is 0.256 e. The second-order valence-corrected chi connectivity index (χ2v) is 7.94. The standard InChI is InChI=1S/C24H27N3O3/c1-2-3-6-17-10-12-19(13-11-17)27-23(29)16-21(24(27)30)25-18-7-4-8-20(15-18)26-14-5-9-22(26)28/h4,7-8,10-13,15,21,25H,2-3,5-6,9,14,16H2,1H3. The van der Waals surface area contributed by atoms with E-state index < -0.39 is 6.04 Å². The maximum atomic E-state index is 12.9. The third-order valence-corrected chi connectivity index (χ3v) is 5.73. The van der Waals surface area contributed by atoms with Crippen molar-refractivity contribution in [2.75, 3.05) is 21.7 Å². The SMILES string of the molecule is CCCCc1ccc(N2C(=O)CC(Nc3cccc(N4CCCC4=O)c3)C2=O)cc1. The van der Waals surface area contributed by atoms with Crippen LogP contribution in [0.3, 0.4) is 0 Å². The predicted molar refractivity (Wildman–Crippen MR) is 118 cm³/mol. The van der Waals surface area contributed by atoms with Crippen LogP contribution in [0, 0.1) is 0 Å². The van der Waals surface area contributed by atoms with Gasteiger partial charge in [0.05, 0.1) is 12.1 Å². The van der Waals surface area contributed by atoms with Crippen LogP contribution in [0.4, 0.5) is 17.1 Å². The number of rotatable bonds is 7. The first-order valence-electron chi connectivity index (χ1n) is 10.7. The Morgan fingerprint density at radius 3 is 2.50 bits per heavy atom. The third-order valence-electron chi connectivity index (χ3n) is 5.73. The minimum atomic E-state index is -0.609. The zero-order valence-corrected chi connectivity index (χ0v) is 17.3. The van der Waals surface area contributed by atoms with Crippen LogP contribution in [0.25, 0.3) is 0 Å². The summed E-state index contributed by atoms with van der Waals surface area (Å²) in [6.45, 7) is 2.87. The molecule has 30 heavy (non-hydrogen) atoms. The Morgan fingerprint density at radius 2 is 1.80 bits per heavy atom. The van der Waals surface area contributed by atoms with Crippen molar-refractivity contribution in [3.05, 3.63) is 54.1 Å². The number of imide groups is 1. The number of unbranched alkanes of at least 4 members (excludes halogenated alkanes) is 1. The molecule has 0 radical (unpaired) electrons. The van der Waals surface area contributed by atoms with E-state index in [1.165, 1.54) is 10.5 Å². The zero-order chi connectivity index (χ0) is 21.1. The largest absolute Gasteiger partial charge is 0.373 e. The Hall–Kier alpha value is -3.15. The van der Waals surface area contributed by atoms with E-state index in [1.807, 2.05) is 48.5 Å². The fraction of sp³-hybridized carbons (Fsp3) is 0.375. The molecule has 0 aliphatic carbocycles. The molecule has 0 bridgehead atoms. The molecule has 2 aromatic carbocycles. The van der Waals surface area contributed by atoms with E-state index in [-0.39, 0.29) is 24.1 Å². The molecule has 1 atom stereocenters. The highest BCUT2D eigenvalue weighted by atomic mass is 16.2.